The molecule has 0 saturated heterocycles. The molecule has 3 rings (SSSR count). The highest BCUT2D eigenvalue weighted by Gasteiger charge is 2.12. The van der Waals surface area contributed by atoms with E-state index in [1.165, 1.54) is 0 Å². The number of carbonyl (C=O) groups excluding carboxylic acids is 2. The first kappa shape index (κ1) is 17.8. The molecule has 0 aliphatic carbocycles. The highest BCUT2D eigenvalue weighted by atomic mass is 16.5. The van der Waals surface area contributed by atoms with Crippen molar-refractivity contribution in [3.63, 3.8) is 0 Å². The maximum absolute atomic E-state index is 12.1. The Kier molecular flexibility index (Phi) is 5.73. The van der Waals surface area contributed by atoms with Gasteiger partial charge >= 0.3 is 0 Å². The summed E-state index contributed by atoms with van der Waals surface area (Å²) in [6.07, 6.45) is 1.28. The van der Waals surface area contributed by atoms with Crippen LogP contribution in [0.1, 0.15) is 30.1 Å². The van der Waals surface area contributed by atoms with Gasteiger partial charge in [0.1, 0.15) is 5.75 Å². The fourth-order valence-electron chi connectivity index (χ4n) is 2.53. The molecule has 1 N–H and O–H groups in total. The predicted molar refractivity (Wildman–Crippen MR) is 97.2 cm³/mol. The quantitative estimate of drug-likeness (QED) is 0.803. The highest BCUT2D eigenvalue weighted by Crippen LogP contribution is 2.32. The SMILES string of the molecule is CCC(=O)c1ccc(OCC(=O)Nc2ccc3c(c2)OCCCO3)cc1. The summed E-state index contributed by atoms with van der Waals surface area (Å²) in [5, 5.41) is 2.77. The van der Waals surface area contributed by atoms with Gasteiger partial charge in [0.25, 0.3) is 5.91 Å². The van der Waals surface area contributed by atoms with Crippen molar-refractivity contribution in [1.29, 1.82) is 0 Å². The summed E-state index contributed by atoms with van der Waals surface area (Å²) in [5.74, 6) is 1.62. The second-order valence-corrected chi connectivity index (χ2v) is 5.85. The van der Waals surface area contributed by atoms with Gasteiger partial charge in [0.2, 0.25) is 0 Å². The molecule has 0 aromatic heterocycles. The summed E-state index contributed by atoms with van der Waals surface area (Å²) >= 11 is 0. The van der Waals surface area contributed by atoms with Crippen LogP contribution >= 0.6 is 0 Å². The molecular weight excluding hydrogens is 334 g/mol. The molecule has 6 heteroatoms. The summed E-state index contributed by atoms with van der Waals surface area (Å²) in [5.41, 5.74) is 1.25. The Bertz CT molecular complexity index is 785. The molecule has 1 heterocycles. The Balaban J connectivity index is 1.54. The first-order valence-electron chi connectivity index (χ1n) is 8.61. The third kappa shape index (κ3) is 4.53. The monoisotopic (exact) mass is 355 g/mol. The fourth-order valence-corrected chi connectivity index (χ4v) is 2.53. The molecule has 0 radical (unpaired) electrons. The fraction of sp³-hybridized carbons (Fsp3) is 0.300. The van der Waals surface area contributed by atoms with Gasteiger partial charge in [-0.3, -0.25) is 9.59 Å². The third-order valence-electron chi connectivity index (χ3n) is 3.90. The number of ketones is 1. The second-order valence-electron chi connectivity index (χ2n) is 5.85. The molecule has 0 saturated carbocycles. The first-order valence-corrected chi connectivity index (χ1v) is 8.61. The molecule has 26 heavy (non-hydrogen) atoms. The van der Waals surface area contributed by atoms with Gasteiger partial charge in [-0.2, -0.15) is 0 Å². The van der Waals surface area contributed by atoms with Crippen LogP contribution in [0.15, 0.2) is 42.5 Å². The van der Waals surface area contributed by atoms with Gasteiger partial charge < -0.3 is 19.5 Å². The number of rotatable bonds is 6. The van der Waals surface area contributed by atoms with Crippen molar-refractivity contribution in [2.75, 3.05) is 25.1 Å². The molecule has 2 aromatic rings. The summed E-state index contributed by atoms with van der Waals surface area (Å²) in [6, 6.07) is 12.0. The molecule has 0 fully saturated rings. The summed E-state index contributed by atoms with van der Waals surface area (Å²) in [7, 11) is 0. The number of ether oxygens (including phenoxy) is 3. The van der Waals surface area contributed by atoms with E-state index < -0.39 is 0 Å². The van der Waals surface area contributed by atoms with Crippen molar-refractivity contribution in [3.05, 3.63) is 48.0 Å². The molecule has 1 aliphatic heterocycles. The lowest BCUT2D eigenvalue weighted by molar-refractivity contribution is -0.118. The number of carbonyl (C=O) groups is 2. The smallest absolute Gasteiger partial charge is 0.262 e. The van der Waals surface area contributed by atoms with E-state index in [0.29, 0.717) is 48.1 Å². The lowest BCUT2D eigenvalue weighted by Gasteiger charge is -2.11. The molecule has 0 atom stereocenters. The number of fused-ring (bicyclic) bond motifs is 1. The lowest BCUT2D eigenvalue weighted by atomic mass is 10.1. The van der Waals surface area contributed by atoms with Crippen molar-refractivity contribution < 1.29 is 23.8 Å². The summed E-state index contributed by atoms with van der Waals surface area (Å²) in [4.78, 5) is 23.7. The molecule has 1 aliphatic rings. The predicted octanol–water partition coefficient (Wildman–Crippen LogP) is 3.46. The normalized spacial score (nSPS) is 12.8. The number of hydrogen-bond acceptors (Lipinski definition) is 5. The van der Waals surface area contributed by atoms with Crippen LogP contribution < -0.4 is 19.5 Å². The molecule has 136 valence electrons. The van der Waals surface area contributed by atoms with Crippen LogP contribution in [-0.4, -0.2) is 31.5 Å². The average molecular weight is 355 g/mol. The molecule has 0 bridgehead atoms. The zero-order valence-corrected chi connectivity index (χ0v) is 14.6. The maximum Gasteiger partial charge on any atom is 0.262 e. The van der Waals surface area contributed by atoms with E-state index in [4.69, 9.17) is 14.2 Å². The molecule has 2 aromatic carbocycles. The Morgan fingerprint density at radius 1 is 1.04 bits per heavy atom. The third-order valence-corrected chi connectivity index (χ3v) is 3.90. The second kappa shape index (κ2) is 8.38. The van der Waals surface area contributed by atoms with Crippen LogP contribution in [-0.2, 0) is 4.79 Å². The number of amides is 1. The molecule has 6 nitrogen and oxygen atoms in total. The van der Waals surface area contributed by atoms with E-state index in [0.717, 1.165) is 6.42 Å². The number of nitrogens with one attached hydrogen (secondary N) is 1. The van der Waals surface area contributed by atoms with Crippen LogP contribution in [0.3, 0.4) is 0 Å². The Labute approximate surface area is 152 Å². The largest absolute Gasteiger partial charge is 0.490 e. The topological polar surface area (TPSA) is 73.9 Å². The van der Waals surface area contributed by atoms with Crippen molar-refractivity contribution in [1.82, 2.24) is 0 Å². The molecular formula is C20H21NO5. The van der Waals surface area contributed by atoms with E-state index >= 15 is 0 Å². The number of anilines is 1. The Hall–Kier alpha value is -3.02. The Morgan fingerprint density at radius 2 is 1.77 bits per heavy atom. The van der Waals surface area contributed by atoms with Gasteiger partial charge in [-0.05, 0) is 36.4 Å². The minimum atomic E-state index is -0.284. The van der Waals surface area contributed by atoms with Crippen molar-refractivity contribution in [2.45, 2.75) is 19.8 Å². The van der Waals surface area contributed by atoms with Crippen molar-refractivity contribution in [2.24, 2.45) is 0 Å². The van der Waals surface area contributed by atoms with Crippen LogP contribution in [0, 0.1) is 0 Å². The van der Waals surface area contributed by atoms with E-state index in [-0.39, 0.29) is 18.3 Å². The van der Waals surface area contributed by atoms with Gasteiger partial charge in [-0.25, -0.2) is 0 Å². The summed E-state index contributed by atoms with van der Waals surface area (Å²) < 4.78 is 16.6. The van der Waals surface area contributed by atoms with Crippen LogP contribution in [0.2, 0.25) is 0 Å². The molecule has 0 spiro atoms. The zero-order chi connectivity index (χ0) is 18.4. The van der Waals surface area contributed by atoms with Crippen molar-refractivity contribution in [3.8, 4) is 17.2 Å². The molecule has 0 unspecified atom stereocenters. The number of benzene rings is 2. The van der Waals surface area contributed by atoms with Crippen molar-refractivity contribution >= 4 is 17.4 Å². The number of Topliss-reactive ketones (excluding diaryl/α,β-unsaturated/α-hetero) is 1. The average Bonchev–Trinajstić information content (AvgIpc) is 2.91. The van der Waals surface area contributed by atoms with E-state index in [1.54, 1.807) is 42.5 Å². The summed E-state index contributed by atoms with van der Waals surface area (Å²) in [6.45, 7) is 2.89. The standard InChI is InChI=1S/C20H21NO5/c1-2-17(22)14-4-7-16(8-5-14)26-13-20(23)21-15-6-9-18-19(12-15)25-11-3-10-24-18/h4-9,12H,2-3,10-11,13H2,1H3,(H,21,23). The highest BCUT2D eigenvalue weighted by molar-refractivity contribution is 5.96. The van der Waals surface area contributed by atoms with E-state index in [2.05, 4.69) is 5.32 Å². The lowest BCUT2D eigenvalue weighted by Crippen LogP contribution is -2.20. The molecule has 1 amide bonds. The van der Waals surface area contributed by atoms with E-state index in [9.17, 15) is 9.59 Å². The minimum absolute atomic E-state index is 0.0729. The van der Waals surface area contributed by atoms with Gasteiger partial charge in [0, 0.05) is 30.2 Å². The zero-order valence-electron chi connectivity index (χ0n) is 14.6. The Morgan fingerprint density at radius 3 is 2.50 bits per heavy atom. The minimum Gasteiger partial charge on any atom is -0.490 e. The van der Waals surface area contributed by atoms with Crippen LogP contribution in [0.4, 0.5) is 5.69 Å². The van der Waals surface area contributed by atoms with E-state index in [1.807, 2.05) is 6.92 Å². The van der Waals surface area contributed by atoms with Crippen LogP contribution in [0.5, 0.6) is 17.2 Å². The van der Waals surface area contributed by atoms with Gasteiger partial charge in [-0.1, -0.05) is 6.92 Å². The van der Waals surface area contributed by atoms with Gasteiger partial charge in [-0.15, -0.1) is 0 Å². The van der Waals surface area contributed by atoms with Crippen LogP contribution in [0.25, 0.3) is 0 Å². The first-order chi connectivity index (χ1) is 12.7. The van der Waals surface area contributed by atoms with Gasteiger partial charge in [0.15, 0.2) is 23.9 Å². The maximum atomic E-state index is 12.1. The number of hydrogen-bond donors (Lipinski definition) is 1. The van der Waals surface area contributed by atoms with Gasteiger partial charge in [0.05, 0.1) is 13.2 Å².